The maximum Gasteiger partial charge on any atom is 0.333 e. The molecule has 0 unspecified atom stereocenters. The van der Waals surface area contributed by atoms with Gasteiger partial charge in [0, 0.05) is 14.1 Å². The van der Waals surface area contributed by atoms with Crippen LogP contribution in [0.3, 0.4) is 0 Å². The maximum absolute atomic E-state index is 12.5. The molecular weight excluding hydrogens is 444 g/mol. The first-order valence-electron chi connectivity index (χ1n) is 9.82. The van der Waals surface area contributed by atoms with Crippen LogP contribution in [0.15, 0.2) is 44.1 Å². The Morgan fingerprint density at radius 1 is 1.12 bits per heavy atom. The van der Waals surface area contributed by atoms with Crippen LogP contribution in [0.4, 0.5) is 17.2 Å². The van der Waals surface area contributed by atoms with Gasteiger partial charge in [-0.1, -0.05) is 44.2 Å². The molecule has 3 heterocycles. The van der Waals surface area contributed by atoms with Crippen LogP contribution in [-0.4, -0.2) is 29.0 Å². The molecule has 4 aromatic rings. The van der Waals surface area contributed by atoms with Crippen LogP contribution in [0.5, 0.6) is 5.88 Å². The molecule has 0 aliphatic rings. The highest BCUT2D eigenvalue weighted by atomic mass is 32.1. The number of aromatic hydroxyl groups is 1. The van der Waals surface area contributed by atoms with E-state index in [1.54, 1.807) is 0 Å². The molecule has 33 heavy (non-hydrogen) atoms. The minimum absolute atomic E-state index is 0.0734. The van der Waals surface area contributed by atoms with Crippen LogP contribution in [0.25, 0.3) is 20.2 Å². The van der Waals surface area contributed by atoms with Crippen molar-refractivity contribution < 1.29 is 5.11 Å². The fourth-order valence-corrected chi connectivity index (χ4v) is 4.10. The topological polar surface area (TPSA) is 124 Å². The molecule has 4 rings (SSSR count). The Kier molecular flexibility index (Phi) is 5.21. The summed E-state index contributed by atoms with van der Waals surface area (Å²) in [4.78, 5) is 32.8. The van der Waals surface area contributed by atoms with Gasteiger partial charge in [-0.25, -0.2) is 14.6 Å². The molecule has 1 N–H and O–H groups in total. The van der Waals surface area contributed by atoms with Crippen molar-refractivity contribution in [3.05, 3.63) is 62.2 Å². The SMILES string of the molecule is [C-]#[N+]c1c(C(C)(C)C)nn(-c2nc3ccccc3s2)c1N=Nc1c(O)n(C)c(=O)n(C)c1=O. The summed E-state index contributed by atoms with van der Waals surface area (Å²) in [6.45, 7) is 13.5. The lowest BCUT2D eigenvalue weighted by Gasteiger charge is -2.15. The zero-order valence-corrected chi connectivity index (χ0v) is 19.4. The number of aromatic nitrogens is 5. The molecule has 0 amide bonds. The van der Waals surface area contributed by atoms with Crippen LogP contribution >= 0.6 is 11.3 Å². The van der Waals surface area contributed by atoms with Gasteiger partial charge in [-0.2, -0.15) is 9.78 Å². The highest BCUT2D eigenvalue weighted by Gasteiger charge is 2.29. The quantitative estimate of drug-likeness (QED) is 0.364. The van der Waals surface area contributed by atoms with Gasteiger partial charge in [0.2, 0.25) is 16.7 Å². The molecule has 1 aromatic carbocycles. The summed E-state index contributed by atoms with van der Waals surface area (Å²) >= 11 is 1.37. The van der Waals surface area contributed by atoms with Crippen LogP contribution < -0.4 is 11.2 Å². The lowest BCUT2D eigenvalue weighted by molar-refractivity contribution is 0.413. The number of fused-ring (bicyclic) bond motifs is 1. The number of rotatable bonds is 3. The minimum Gasteiger partial charge on any atom is -0.493 e. The van der Waals surface area contributed by atoms with E-state index in [-0.39, 0.29) is 11.5 Å². The number of nitrogens with zero attached hydrogens (tertiary/aromatic N) is 8. The second kappa shape index (κ2) is 7.79. The molecule has 0 bridgehead atoms. The Bertz CT molecular complexity index is 1560. The number of azo groups is 1. The summed E-state index contributed by atoms with van der Waals surface area (Å²) in [5, 5.41) is 23.5. The first-order valence-corrected chi connectivity index (χ1v) is 10.6. The molecule has 168 valence electrons. The van der Waals surface area contributed by atoms with Crippen LogP contribution in [-0.2, 0) is 19.5 Å². The van der Waals surface area contributed by atoms with E-state index in [0.717, 1.165) is 19.4 Å². The average Bonchev–Trinajstić information content (AvgIpc) is 3.37. The number of thiazole rings is 1. The largest absolute Gasteiger partial charge is 0.493 e. The lowest BCUT2D eigenvalue weighted by atomic mass is 9.91. The molecule has 3 aromatic heterocycles. The van der Waals surface area contributed by atoms with Gasteiger partial charge in [0.1, 0.15) is 0 Å². The molecule has 11 nitrogen and oxygen atoms in total. The third-order valence-electron chi connectivity index (χ3n) is 4.98. The summed E-state index contributed by atoms with van der Waals surface area (Å²) in [5.74, 6) is -0.553. The van der Waals surface area contributed by atoms with E-state index in [2.05, 4.69) is 25.2 Å². The zero-order chi connectivity index (χ0) is 24.1. The number of hydrogen-bond donors (Lipinski definition) is 1. The van der Waals surface area contributed by atoms with Crippen molar-refractivity contribution in [3.8, 4) is 11.0 Å². The second-order valence-electron chi connectivity index (χ2n) is 8.34. The van der Waals surface area contributed by atoms with Gasteiger partial charge >= 0.3 is 5.69 Å². The number of para-hydroxylation sites is 1. The fraction of sp³-hybridized carbons (Fsp3) is 0.286. The Balaban J connectivity index is 1.99. The van der Waals surface area contributed by atoms with E-state index < -0.39 is 28.2 Å². The summed E-state index contributed by atoms with van der Waals surface area (Å²) < 4.78 is 4.05. The predicted molar refractivity (Wildman–Crippen MR) is 124 cm³/mol. The Labute approximate surface area is 191 Å². The van der Waals surface area contributed by atoms with Crippen LogP contribution in [0.1, 0.15) is 26.5 Å². The van der Waals surface area contributed by atoms with E-state index in [4.69, 9.17) is 6.57 Å². The first-order chi connectivity index (χ1) is 15.5. The Morgan fingerprint density at radius 3 is 2.45 bits per heavy atom. The van der Waals surface area contributed by atoms with Gasteiger partial charge in [0.15, 0.2) is 5.82 Å². The van der Waals surface area contributed by atoms with Crippen molar-refractivity contribution in [1.29, 1.82) is 0 Å². The van der Waals surface area contributed by atoms with Crippen molar-refractivity contribution in [2.75, 3.05) is 0 Å². The number of hydrogen-bond acceptors (Lipinski definition) is 8. The molecule has 0 aliphatic carbocycles. The molecule has 0 radical (unpaired) electrons. The lowest BCUT2D eigenvalue weighted by Crippen LogP contribution is -2.36. The van der Waals surface area contributed by atoms with Crippen molar-refractivity contribution in [1.82, 2.24) is 23.9 Å². The minimum atomic E-state index is -0.814. The Morgan fingerprint density at radius 2 is 1.82 bits per heavy atom. The van der Waals surface area contributed by atoms with Crippen molar-refractivity contribution in [2.24, 2.45) is 24.3 Å². The highest BCUT2D eigenvalue weighted by molar-refractivity contribution is 7.20. The van der Waals surface area contributed by atoms with Gasteiger partial charge in [0.25, 0.3) is 11.2 Å². The average molecular weight is 465 g/mol. The monoisotopic (exact) mass is 464 g/mol. The standard InChI is InChI=1S/C21H20N8O3S/c1-21(2,3)15-13(22-4)16(25-24-14-17(30)27(5)20(32)28(6)18(14)31)29(26-15)19-23-11-9-7-8-10-12(11)33-19/h7-10,30H,1-3,5-6H3. The smallest absolute Gasteiger partial charge is 0.333 e. The summed E-state index contributed by atoms with van der Waals surface area (Å²) in [7, 11) is 2.58. The normalized spacial score (nSPS) is 12.0. The maximum atomic E-state index is 12.5. The van der Waals surface area contributed by atoms with E-state index in [0.29, 0.717) is 10.8 Å². The molecule has 0 saturated carbocycles. The molecule has 0 aliphatic heterocycles. The van der Waals surface area contributed by atoms with Gasteiger partial charge in [-0.05, 0) is 17.5 Å². The zero-order valence-electron chi connectivity index (χ0n) is 18.6. The first kappa shape index (κ1) is 22.1. The summed E-state index contributed by atoms with van der Waals surface area (Å²) in [6, 6.07) is 7.57. The Hall–Kier alpha value is -4.11. The van der Waals surface area contributed by atoms with E-state index in [1.807, 2.05) is 45.0 Å². The number of benzene rings is 1. The molecule has 12 heteroatoms. The fourth-order valence-electron chi connectivity index (χ4n) is 3.18. The van der Waals surface area contributed by atoms with Crippen molar-refractivity contribution in [3.63, 3.8) is 0 Å². The van der Waals surface area contributed by atoms with E-state index in [1.165, 1.54) is 30.1 Å². The van der Waals surface area contributed by atoms with Gasteiger partial charge < -0.3 is 5.11 Å². The van der Waals surface area contributed by atoms with Gasteiger partial charge in [-0.15, -0.1) is 10.2 Å². The van der Waals surface area contributed by atoms with E-state index in [9.17, 15) is 14.7 Å². The highest BCUT2D eigenvalue weighted by Crippen LogP contribution is 2.42. The summed E-state index contributed by atoms with van der Waals surface area (Å²) in [5.41, 5.74) is -1.01. The van der Waals surface area contributed by atoms with Crippen molar-refractivity contribution >= 4 is 38.7 Å². The summed E-state index contributed by atoms with van der Waals surface area (Å²) in [6.07, 6.45) is 0. The van der Waals surface area contributed by atoms with Crippen molar-refractivity contribution in [2.45, 2.75) is 26.2 Å². The van der Waals surface area contributed by atoms with Gasteiger partial charge in [-0.3, -0.25) is 13.9 Å². The third-order valence-corrected chi connectivity index (χ3v) is 5.99. The molecule has 0 fully saturated rings. The molecule has 0 saturated heterocycles. The van der Waals surface area contributed by atoms with Gasteiger partial charge in [0.05, 0.1) is 22.5 Å². The predicted octanol–water partition coefficient (Wildman–Crippen LogP) is 3.85. The second-order valence-corrected chi connectivity index (χ2v) is 9.35. The van der Waals surface area contributed by atoms with E-state index >= 15 is 0 Å². The molecule has 0 atom stereocenters. The third kappa shape index (κ3) is 3.62. The molecule has 0 spiro atoms. The van der Waals surface area contributed by atoms with Crippen LogP contribution in [0.2, 0.25) is 0 Å². The van der Waals surface area contributed by atoms with Crippen LogP contribution in [0, 0.1) is 6.57 Å². The molecular formula is C21H20N8O3S.